The van der Waals surface area contributed by atoms with Gasteiger partial charge in [-0.1, -0.05) is 13.3 Å². The fraction of sp³-hybridized carbons (Fsp3) is 1.00. The van der Waals surface area contributed by atoms with Crippen LogP contribution in [0, 0.1) is 17.8 Å². The molecular weight excluding hydrogens is 146 g/mol. The zero-order chi connectivity index (χ0) is 8.55. The van der Waals surface area contributed by atoms with Crippen molar-refractivity contribution < 1.29 is 0 Å². The smallest absolute Gasteiger partial charge is 0.00697 e. The van der Waals surface area contributed by atoms with Gasteiger partial charge in [-0.3, -0.25) is 0 Å². The molecule has 12 heavy (non-hydrogen) atoms. The third-order valence-electron chi connectivity index (χ3n) is 3.93. The summed E-state index contributed by atoms with van der Waals surface area (Å²) in [6.45, 7) is 6.04. The van der Waals surface area contributed by atoms with Crippen molar-refractivity contribution in [3.8, 4) is 0 Å². The molecule has 1 heterocycles. The molecule has 0 aromatic heterocycles. The van der Waals surface area contributed by atoms with E-state index >= 15 is 0 Å². The maximum Gasteiger partial charge on any atom is 0.00697 e. The quantitative estimate of drug-likeness (QED) is 0.584. The lowest BCUT2D eigenvalue weighted by Crippen LogP contribution is -2.46. The third kappa shape index (κ3) is 1.52. The lowest BCUT2D eigenvalue weighted by atomic mass is 9.69. The largest absolute Gasteiger partial charge is 0.314 e. The molecule has 1 aliphatic carbocycles. The summed E-state index contributed by atoms with van der Waals surface area (Å²) >= 11 is 0. The Kier molecular flexibility index (Phi) is 2.40. The standard InChI is InChI=1S/C11H21N/c1-8-3-4-10-5-6-12-9(2)11(10)7-8/h8-12H,3-7H2,1-2H3. The molecule has 70 valence electrons. The van der Waals surface area contributed by atoms with Gasteiger partial charge in [0, 0.05) is 6.04 Å². The fourth-order valence-electron chi connectivity index (χ4n) is 3.11. The van der Waals surface area contributed by atoms with E-state index < -0.39 is 0 Å². The van der Waals surface area contributed by atoms with Crippen LogP contribution in [0.4, 0.5) is 0 Å². The van der Waals surface area contributed by atoms with Crippen molar-refractivity contribution in [3.63, 3.8) is 0 Å². The molecule has 1 heteroatoms. The molecule has 1 aliphatic heterocycles. The topological polar surface area (TPSA) is 12.0 Å². The van der Waals surface area contributed by atoms with E-state index in [0.29, 0.717) is 0 Å². The summed E-state index contributed by atoms with van der Waals surface area (Å²) in [7, 11) is 0. The van der Waals surface area contributed by atoms with Gasteiger partial charge in [0.05, 0.1) is 0 Å². The number of hydrogen-bond acceptors (Lipinski definition) is 1. The van der Waals surface area contributed by atoms with Crippen molar-refractivity contribution >= 4 is 0 Å². The van der Waals surface area contributed by atoms with Gasteiger partial charge in [-0.25, -0.2) is 0 Å². The van der Waals surface area contributed by atoms with Crippen LogP contribution in [0.5, 0.6) is 0 Å². The first-order valence-corrected chi connectivity index (χ1v) is 5.50. The van der Waals surface area contributed by atoms with Crippen LogP contribution in [0.15, 0.2) is 0 Å². The van der Waals surface area contributed by atoms with Gasteiger partial charge in [0.1, 0.15) is 0 Å². The number of piperidine rings is 1. The average Bonchev–Trinajstić information content (AvgIpc) is 2.07. The minimum atomic E-state index is 0.784. The van der Waals surface area contributed by atoms with Crippen LogP contribution in [0.2, 0.25) is 0 Å². The predicted octanol–water partition coefficient (Wildman–Crippen LogP) is 2.42. The molecule has 0 spiro atoms. The molecule has 1 N–H and O–H groups in total. The first kappa shape index (κ1) is 8.55. The Balaban J connectivity index is 2.00. The van der Waals surface area contributed by atoms with Gasteiger partial charge in [0.25, 0.3) is 0 Å². The Bertz CT molecular complexity index is 155. The van der Waals surface area contributed by atoms with E-state index in [1.165, 1.54) is 32.2 Å². The van der Waals surface area contributed by atoms with E-state index in [4.69, 9.17) is 0 Å². The molecule has 4 unspecified atom stereocenters. The van der Waals surface area contributed by atoms with Gasteiger partial charge in [-0.15, -0.1) is 0 Å². The molecule has 0 amide bonds. The molecule has 0 aromatic rings. The molecule has 0 bridgehead atoms. The predicted molar refractivity (Wildman–Crippen MR) is 52.1 cm³/mol. The van der Waals surface area contributed by atoms with Crippen molar-refractivity contribution in [2.24, 2.45) is 17.8 Å². The highest BCUT2D eigenvalue weighted by atomic mass is 14.9. The van der Waals surface area contributed by atoms with Gasteiger partial charge in [-0.2, -0.15) is 0 Å². The van der Waals surface area contributed by atoms with E-state index in [2.05, 4.69) is 19.2 Å². The fourth-order valence-corrected chi connectivity index (χ4v) is 3.11. The van der Waals surface area contributed by atoms with Crippen LogP contribution in [-0.4, -0.2) is 12.6 Å². The summed E-state index contributed by atoms with van der Waals surface area (Å²) < 4.78 is 0. The first-order chi connectivity index (χ1) is 5.77. The van der Waals surface area contributed by atoms with Crippen LogP contribution in [-0.2, 0) is 0 Å². The van der Waals surface area contributed by atoms with Gasteiger partial charge >= 0.3 is 0 Å². The van der Waals surface area contributed by atoms with E-state index in [0.717, 1.165) is 23.8 Å². The minimum absolute atomic E-state index is 0.784. The molecule has 1 nitrogen and oxygen atoms in total. The van der Waals surface area contributed by atoms with Gasteiger partial charge in [0.15, 0.2) is 0 Å². The molecule has 0 radical (unpaired) electrons. The van der Waals surface area contributed by atoms with Gasteiger partial charge in [0.2, 0.25) is 0 Å². The van der Waals surface area contributed by atoms with Crippen LogP contribution in [0.25, 0.3) is 0 Å². The molecule has 4 atom stereocenters. The highest BCUT2D eigenvalue weighted by molar-refractivity contribution is 4.88. The molecular formula is C11H21N. The normalized spacial score (nSPS) is 48.5. The maximum absolute atomic E-state index is 3.60. The number of fused-ring (bicyclic) bond motifs is 1. The highest BCUT2D eigenvalue weighted by Gasteiger charge is 2.34. The second-order valence-corrected chi connectivity index (χ2v) is 4.87. The minimum Gasteiger partial charge on any atom is -0.314 e. The van der Waals surface area contributed by atoms with E-state index in [-0.39, 0.29) is 0 Å². The summed E-state index contributed by atoms with van der Waals surface area (Å²) in [5.41, 5.74) is 0. The third-order valence-corrected chi connectivity index (χ3v) is 3.93. The maximum atomic E-state index is 3.60. The molecule has 2 rings (SSSR count). The van der Waals surface area contributed by atoms with E-state index in [9.17, 15) is 0 Å². The van der Waals surface area contributed by atoms with E-state index in [1.807, 2.05) is 0 Å². The molecule has 0 aromatic carbocycles. The zero-order valence-electron chi connectivity index (χ0n) is 8.34. The molecule has 2 fully saturated rings. The zero-order valence-corrected chi connectivity index (χ0v) is 8.34. The lowest BCUT2D eigenvalue weighted by Gasteiger charge is -2.42. The average molecular weight is 167 g/mol. The SMILES string of the molecule is CC1CCC2CCNC(C)C2C1. The lowest BCUT2D eigenvalue weighted by molar-refractivity contribution is 0.113. The monoisotopic (exact) mass is 167 g/mol. The van der Waals surface area contributed by atoms with Crippen molar-refractivity contribution in [2.45, 2.75) is 45.6 Å². The molecule has 1 saturated heterocycles. The highest BCUT2D eigenvalue weighted by Crippen LogP contribution is 2.39. The first-order valence-electron chi connectivity index (χ1n) is 5.50. The van der Waals surface area contributed by atoms with Crippen molar-refractivity contribution in [3.05, 3.63) is 0 Å². The van der Waals surface area contributed by atoms with Crippen LogP contribution in [0.3, 0.4) is 0 Å². The number of nitrogens with one attached hydrogen (secondary N) is 1. The Labute approximate surface area is 75.9 Å². The number of hydrogen-bond donors (Lipinski definition) is 1. The van der Waals surface area contributed by atoms with Crippen molar-refractivity contribution in [2.75, 3.05) is 6.54 Å². The number of rotatable bonds is 0. The van der Waals surface area contributed by atoms with Gasteiger partial charge < -0.3 is 5.32 Å². The summed E-state index contributed by atoms with van der Waals surface area (Å²) in [5.74, 6) is 3.02. The van der Waals surface area contributed by atoms with Crippen LogP contribution < -0.4 is 5.32 Å². The van der Waals surface area contributed by atoms with Crippen LogP contribution in [0.1, 0.15) is 39.5 Å². The Hall–Kier alpha value is -0.0400. The van der Waals surface area contributed by atoms with E-state index in [1.54, 1.807) is 0 Å². The molecule has 2 aliphatic rings. The Morgan fingerprint density at radius 1 is 1.08 bits per heavy atom. The van der Waals surface area contributed by atoms with Crippen molar-refractivity contribution in [1.82, 2.24) is 5.32 Å². The Morgan fingerprint density at radius 2 is 1.92 bits per heavy atom. The summed E-state index contributed by atoms with van der Waals surface area (Å²) in [5, 5.41) is 3.60. The second-order valence-electron chi connectivity index (χ2n) is 4.87. The van der Waals surface area contributed by atoms with Crippen molar-refractivity contribution in [1.29, 1.82) is 0 Å². The summed E-state index contributed by atoms with van der Waals surface area (Å²) in [6, 6.07) is 0.784. The summed E-state index contributed by atoms with van der Waals surface area (Å²) in [6.07, 6.45) is 5.88. The second kappa shape index (κ2) is 3.37. The van der Waals surface area contributed by atoms with Gasteiger partial charge in [-0.05, 0) is 50.5 Å². The Morgan fingerprint density at radius 3 is 2.75 bits per heavy atom. The molecule has 1 saturated carbocycles. The summed E-state index contributed by atoms with van der Waals surface area (Å²) in [4.78, 5) is 0. The van der Waals surface area contributed by atoms with Crippen LogP contribution >= 0.6 is 0 Å².